The van der Waals surface area contributed by atoms with Crippen molar-refractivity contribution in [2.45, 2.75) is 18.9 Å². The van der Waals surface area contributed by atoms with Gasteiger partial charge in [0.2, 0.25) is 11.8 Å². The summed E-state index contributed by atoms with van der Waals surface area (Å²) in [5.74, 6) is -0.706. The average Bonchev–Trinajstić information content (AvgIpc) is 2.77. The number of aromatic nitrogens is 2. The number of H-pyrrole nitrogens is 1. The molecule has 20 heavy (non-hydrogen) atoms. The molecule has 0 radical (unpaired) electrons. The molecule has 4 N–H and O–H groups in total. The number of hydrogen-bond donors (Lipinski definition) is 3. The molecule has 2 heterocycles. The number of hydrogen-bond acceptors (Lipinski definition) is 4. The zero-order valence-corrected chi connectivity index (χ0v) is 11.1. The summed E-state index contributed by atoms with van der Waals surface area (Å²) in [5, 5.41) is 2.26. The first kappa shape index (κ1) is 14.0. The normalized spacial score (nSPS) is 18.4. The molecule has 1 aromatic heterocycles. The Balaban J connectivity index is 0.000000704. The number of carbonyl (C=O) groups excluding carboxylic acids is 2. The summed E-state index contributed by atoms with van der Waals surface area (Å²) in [6, 6.07) is 6.55. The van der Waals surface area contributed by atoms with Gasteiger partial charge in [0, 0.05) is 6.42 Å². The summed E-state index contributed by atoms with van der Waals surface area (Å²) < 4.78 is 1.41. The van der Waals surface area contributed by atoms with Gasteiger partial charge in [-0.3, -0.25) is 19.5 Å². The minimum Gasteiger partial charge on any atom is -0.333 e. The molecule has 3 rings (SSSR count). The third-order valence-corrected chi connectivity index (χ3v) is 3.15. The van der Waals surface area contributed by atoms with Crippen LogP contribution >= 0.6 is 0 Å². The van der Waals surface area contributed by atoms with Crippen LogP contribution < -0.4 is 16.7 Å². The van der Waals surface area contributed by atoms with Crippen LogP contribution in [0.5, 0.6) is 0 Å². The second-order valence-corrected chi connectivity index (χ2v) is 4.28. The highest BCUT2D eigenvalue weighted by atomic mass is 16.2. The Morgan fingerprint density at radius 1 is 1.20 bits per heavy atom. The van der Waals surface area contributed by atoms with E-state index in [-0.39, 0.29) is 18.0 Å². The Morgan fingerprint density at radius 2 is 1.90 bits per heavy atom. The standard InChI is InChI=1S/C12H11N3O3.CH5N/c16-10-6-5-9(11(17)14-10)15-8-4-2-1-3-7(8)13-12(15)18;1-2/h1-4,9H,5-6H2,(H,13,18)(H,14,16,17);2H2,1H3. The molecule has 0 aliphatic carbocycles. The maximum absolute atomic E-state index is 11.9. The van der Waals surface area contributed by atoms with Gasteiger partial charge >= 0.3 is 5.69 Å². The van der Waals surface area contributed by atoms with Crippen LogP contribution in [0.2, 0.25) is 0 Å². The lowest BCUT2D eigenvalue weighted by Crippen LogP contribution is -2.43. The number of rotatable bonds is 1. The predicted molar refractivity (Wildman–Crippen MR) is 74.1 cm³/mol. The second kappa shape index (κ2) is 5.70. The number of nitrogens with zero attached hydrogens (tertiary/aromatic N) is 1. The van der Waals surface area contributed by atoms with Crippen molar-refractivity contribution >= 4 is 22.8 Å². The molecule has 1 atom stereocenters. The Hall–Kier alpha value is -2.41. The fourth-order valence-corrected chi connectivity index (χ4v) is 2.31. The first-order valence-electron chi connectivity index (χ1n) is 6.27. The first-order valence-corrected chi connectivity index (χ1v) is 6.27. The van der Waals surface area contributed by atoms with E-state index in [1.165, 1.54) is 11.6 Å². The molecule has 7 nitrogen and oxygen atoms in total. The topological polar surface area (TPSA) is 110 Å². The van der Waals surface area contributed by atoms with E-state index < -0.39 is 11.9 Å². The summed E-state index contributed by atoms with van der Waals surface area (Å²) in [5.41, 5.74) is 5.54. The van der Waals surface area contributed by atoms with Crippen molar-refractivity contribution in [3.8, 4) is 0 Å². The zero-order valence-electron chi connectivity index (χ0n) is 11.1. The first-order chi connectivity index (χ1) is 9.66. The van der Waals surface area contributed by atoms with Crippen LogP contribution in [0.1, 0.15) is 18.9 Å². The van der Waals surface area contributed by atoms with E-state index in [9.17, 15) is 14.4 Å². The molecule has 1 unspecified atom stereocenters. The van der Waals surface area contributed by atoms with Crippen LogP contribution in [0, 0.1) is 0 Å². The number of benzene rings is 1. The van der Waals surface area contributed by atoms with Gasteiger partial charge in [0.1, 0.15) is 6.04 Å². The highest BCUT2D eigenvalue weighted by Crippen LogP contribution is 2.21. The molecule has 1 saturated heterocycles. The Morgan fingerprint density at radius 3 is 2.60 bits per heavy atom. The SMILES string of the molecule is CN.O=C1CCC(n2c(=O)[nH]c3ccccc32)C(=O)N1. The Kier molecular flexibility index (Phi) is 3.99. The fourth-order valence-electron chi connectivity index (χ4n) is 2.31. The van der Waals surface area contributed by atoms with Crippen LogP contribution in [0.4, 0.5) is 0 Å². The molecule has 1 aliphatic heterocycles. The highest BCUT2D eigenvalue weighted by Gasteiger charge is 2.30. The molecule has 106 valence electrons. The number of piperidine rings is 1. The molecular formula is C13H16N4O3. The van der Waals surface area contributed by atoms with Gasteiger partial charge in [-0.25, -0.2) is 4.79 Å². The molecule has 2 aromatic rings. The van der Waals surface area contributed by atoms with Gasteiger partial charge in [0.15, 0.2) is 0 Å². The van der Waals surface area contributed by atoms with Crippen molar-refractivity contribution in [2.75, 3.05) is 7.05 Å². The van der Waals surface area contributed by atoms with Gasteiger partial charge < -0.3 is 10.7 Å². The lowest BCUT2D eigenvalue weighted by Gasteiger charge is -2.21. The number of para-hydroxylation sites is 2. The molecule has 0 spiro atoms. The van der Waals surface area contributed by atoms with Gasteiger partial charge in [0.05, 0.1) is 11.0 Å². The maximum atomic E-state index is 11.9. The molecule has 1 fully saturated rings. The minimum absolute atomic E-state index is 0.252. The summed E-state index contributed by atoms with van der Waals surface area (Å²) in [6.07, 6.45) is 0.606. The average molecular weight is 276 g/mol. The van der Waals surface area contributed by atoms with Gasteiger partial charge in [-0.2, -0.15) is 0 Å². The molecule has 0 bridgehead atoms. The van der Waals surface area contributed by atoms with Gasteiger partial charge in [-0.1, -0.05) is 12.1 Å². The number of nitrogens with two attached hydrogens (primary N) is 1. The number of imidazole rings is 1. The van der Waals surface area contributed by atoms with Crippen molar-refractivity contribution in [1.29, 1.82) is 0 Å². The van der Waals surface area contributed by atoms with Gasteiger partial charge in [-0.15, -0.1) is 0 Å². The molecule has 0 saturated carbocycles. The van der Waals surface area contributed by atoms with E-state index in [2.05, 4.69) is 16.0 Å². The molecule has 2 amide bonds. The van der Waals surface area contributed by atoms with Gasteiger partial charge in [-0.05, 0) is 25.6 Å². The highest BCUT2D eigenvalue weighted by molar-refractivity contribution is 6.00. The zero-order chi connectivity index (χ0) is 14.7. The Bertz CT molecular complexity index is 701. The predicted octanol–water partition coefficient (Wildman–Crippen LogP) is -0.118. The number of fused-ring (bicyclic) bond motifs is 1. The number of imide groups is 1. The van der Waals surface area contributed by atoms with Crippen LogP contribution in [0.25, 0.3) is 11.0 Å². The van der Waals surface area contributed by atoms with Crippen molar-refractivity contribution in [3.63, 3.8) is 0 Å². The lowest BCUT2D eigenvalue weighted by molar-refractivity contribution is -0.135. The minimum atomic E-state index is -0.619. The van der Waals surface area contributed by atoms with Crippen molar-refractivity contribution < 1.29 is 9.59 Å². The van der Waals surface area contributed by atoms with Crippen molar-refractivity contribution in [2.24, 2.45) is 5.73 Å². The summed E-state index contributed by atoms with van der Waals surface area (Å²) in [4.78, 5) is 37.5. The van der Waals surface area contributed by atoms with E-state index >= 15 is 0 Å². The Labute approximate surface area is 114 Å². The summed E-state index contributed by atoms with van der Waals surface area (Å²) in [7, 11) is 1.50. The fraction of sp³-hybridized carbons (Fsp3) is 0.308. The third kappa shape index (κ3) is 2.35. The second-order valence-electron chi connectivity index (χ2n) is 4.28. The quantitative estimate of drug-likeness (QED) is 0.631. The van der Waals surface area contributed by atoms with Crippen molar-refractivity contribution in [3.05, 3.63) is 34.7 Å². The molecule has 1 aromatic carbocycles. The van der Waals surface area contributed by atoms with Crippen LogP contribution in [-0.2, 0) is 9.59 Å². The summed E-state index contributed by atoms with van der Waals surface area (Å²) >= 11 is 0. The van der Waals surface area contributed by atoms with Crippen LogP contribution in [-0.4, -0.2) is 28.4 Å². The van der Waals surface area contributed by atoms with Gasteiger partial charge in [0.25, 0.3) is 0 Å². The smallest absolute Gasteiger partial charge is 0.327 e. The largest absolute Gasteiger partial charge is 0.333 e. The number of aromatic amines is 1. The molecule has 7 heteroatoms. The summed E-state index contributed by atoms with van der Waals surface area (Å²) in [6.45, 7) is 0. The van der Waals surface area contributed by atoms with E-state index in [1.807, 2.05) is 6.07 Å². The maximum Gasteiger partial charge on any atom is 0.327 e. The number of carbonyl (C=O) groups is 2. The number of nitrogens with one attached hydrogen (secondary N) is 2. The lowest BCUT2D eigenvalue weighted by atomic mass is 10.1. The van der Waals surface area contributed by atoms with Crippen LogP contribution in [0.3, 0.4) is 0 Å². The third-order valence-electron chi connectivity index (χ3n) is 3.15. The molecular weight excluding hydrogens is 260 g/mol. The van der Waals surface area contributed by atoms with E-state index in [4.69, 9.17) is 0 Å². The van der Waals surface area contributed by atoms with E-state index in [1.54, 1.807) is 18.2 Å². The van der Waals surface area contributed by atoms with Crippen LogP contribution in [0.15, 0.2) is 29.1 Å². The monoisotopic (exact) mass is 276 g/mol. The van der Waals surface area contributed by atoms with Crippen molar-refractivity contribution in [1.82, 2.24) is 14.9 Å². The van der Waals surface area contributed by atoms with E-state index in [0.29, 0.717) is 17.5 Å². The van der Waals surface area contributed by atoms with E-state index in [0.717, 1.165) is 0 Å². The number of amides is 2. The molecule has 1 aliphatic rings.